The summed E-state index contributed by atoms with van der Waals surface area (Å²) in [4.78, 5) is 0. The second-order valence-corrected chi connectivity index (χ2v) is 4.30. The molecule has 0 aromatic heterocycles. The van der Waals surface area contributed by atoms with Gasteiger partial charge in [-0.25, -0.2) is 0 Å². The number of halogens is 3. The van der Waals surface area contributed by atoms with Crippen LogP contribution in [0.25, 0.3) is 0 Å². The fourth-order valence-electron chi connectivity index (χ4n) is 1.83. The van der Waals surface area contributed by atoms with Crippen LogP contribution in [-0.2, 0) is 0 Å². The summed E-state index contributed by atoms with van der Waals surface area (Å²) in [6.45, 7) is 4.66. The fraction of sp³-hybridized carbons (Fsp3) is 0.571. The van der Waals surface area contributed by atoms with Crippen LogP contribution >= 0.6 is 0 Å². The number of hydrogen-bond acceptors (Lipinski definition) is 2. The molecule has 1 aromatic rings. The average molecular weight is 275 g/mol. The van der Waals surface area contributed by atoms with Gasteiger partial charge in [0.2, 0.25) is 0 Å². The van der Waals surface area contributed by atoms with Gasteiger partial charge in [-0.1, -0.05) is 26.0 Å². The molecule has 0 heterocycles. The molecule has 0 saturated heterocycles. The predicted molar refractivity (Wildman–Crippen MR) is 69.3 cm³/mol. The second kappa shape index (κ2) is 7.38. The average Bonchev–Trinajstić information content (AvgIpc) is 2.35. The van der Waals surface area contributed by atoms with Crippen LogP contribution in [0.15, 0.2) is 24.3 Å². The zero-order valence-electron chi connectivity index (χ0n) is 11.3. The maximum atomic E-state index is 12.0. The molecule has 0 fully saturated rings. The Morgan fingerprint density at radius 1 is 1.16 bits per heavy atom. The molecular weight excluding hydrogens is 255 g/mol. The van der Waals surface area contributed by atoms with Crippen LogP contribution in [0, 0.1) is 0 Å². The molecule has 0 spiro atoms. The van der Waals surface area contributed by atoms with Crippen LogP contribution in [0.5, 0.6) is 5.75 Å². The van der Waals surface area contributed by atoms with Crippen LogP contribution in [-0.4, -0.2) is 19.3 Å². The van der Waals surface area contributed by atoms with E-state index in [0.717, 1.165) is 18.5 Å². The van der Waals surface area contributed by atoms with E-state index in [1.807, 2.05) is 19.1 Å². The molecule has 5 heteroatoms. The molecule has 0 amide bonds. The third-order valence-corrected chi connectivity index (χ3v) is 2.80. The first-order chi connectivity index (χ1) is 8.96. The van der Waals surface area contributed by atoms with Crippen LogP contribution in [0.4, 0.5) is 13.2 Å². The molecule has 0 aliphatic heterocycles. The minimum Gasteiger partial charge on any atom is -0.493 e. The Morgan fingerprint density at radius 3 is 2.26 bits per heavy atom. The highest BCUT2D eigenvalue weighted by molar-refractivity contribution is 5.29. The Labute approximate surface area is 112 Å². The molecule has 1 atom stereocenters. The summed E-state index contributed by atoms with van der Waals surface area (Å²) in [5, 5.41) is 3.34. The topological polar surface area (TPSA) is 21.3 Å². The highest BCUT2D eigenvalue weighted by Crippen LogP contribution is 2.22. The van der Waals surface area contributed by atoms with E-state index >= 15 is 0 Å². The van der Waals surface area contributed by atoms with Crippen LogP contribution in [0.2, 0.25) is 0 Å². The summed E-state index contributed by atoms with van der Waals surface area (Å²) in [5.41, 5.74) is 1.12. The van der Waals surface area contributed by atoms with Gasteiger partial charge >= 0.3 is 6.18 Å². The van der Waals surface area contributed by atoms with Gasteiger partial charge in [0.1, 0.15) is 5.75 Å². The smallest absolute Gasteiger partial charge is 0.392 e. The van der Waals surface area contributed by atoms with E-state index in [1.54, 1.807) is 12.1 Å². The number of rotatable bonds is 7. The minimum absolute atomic E-state index is 0.272. The normalized spacial score (nSPS) is 13.3. The van der Waals surface area contributed by atoms with Gasteiger partial charge < -0.3 is 10.1 Å². The zero-order valence-corrected chi connectivity index (χ0v) is 11.3. The summed E-state index contributed by atoms with van der Waals surface area (Å²) < 4.78 is 41.0. The quantitative estimate of drug-likeness (QED) is 0.809. The first kappa shape index (κ1) is 15.8. The number of hydrogen-bond donors (Lipinski definition) is 1. The largest absolute Gasteiger partial charge is 0.493 e. The van der Waals surface area contributed by atoms with Crippen molar-refractivity contribution in [3.05, 3.63) is 29.8 Å². The number of benzene rings is 1. The molecule has 0 bridgehead atoms. The standard InChI is InChI=1S/C14H20F3NO/c1-3-13(18-4-2)11-5-7-12(8-6-11)19-10-9-14(15,16)17/h5-8,13,18H,3-4,9-10H2,1-2H3. The molecular formula is C14H20F3NO. The van der Waals surface area contributed by atoms with Gasteiger partial charge in [0.25, 0.3) is 0 Å². The predicted octanol–water partition coefficient (Wildman–Crippen LogP) is 4.08. The molecule has 1 N–H and O–H groups in total. The van der Waals surface area contributed by atoms with Crippen molar-refractivity contribution in [1.82, 2.24) is 5.32 Å². The Morgan fingerprint density at radius 2 is 1.79 bits per heavy atom. The second-order valence-electron chi connectivity index (χ2n) is 4.30. The summed E-state index contributed by atoms with van der Waals surface area (Å²) in [6, 6.07) is 7.48. The summed E-state index contributed by atoms with van der Waals surface area (Å²) in [6.07, 6.45) is -4.13. The summed E-state index contributed by atoms with van der Waals surface area (Å²) in [5.74, 6) is 0.472. The van der Waals surface area contributed by atoms with Crippen molar-refractivity contribution in [3.63, 3.8) is 0 Å². The van der Waals surface area contributed by atoms with E-state index < -0.39 is 12.6 Å². The van der Waals surface area contributed by atoms with Crippen molar-refractivity contribution < 1.29 is 17.9 Å². The number of ether oxygens (including phenoxy) is 1. The Hall–Kier alpha value is -1.23. The first-order valence-corrected chi connectivity index (χ1v) is 6.49. The van der Waals surface area contributed by atoms with Crippen molar-refractivity contribution >= 4 is 0 Å². The third-order valence-electron chi connectivity index (χ3n) is 2.80. The maximum Gasteiger partial charge on any atom is 0.392 e. The summed E-state index contributed by atoms with van der Waals surface area (Å²) in [7, 11) is 0. The lowest BCUT2D eigenvalue weighted by molar-refractivity contribution is -0.139. The Bertz CT molecular complexity index is 362. The SMILES string of the molecule is CCNC(CC)c1ccc(OCCC(F)(F)F)cc1. The van der Waals surface area contributed by atoms with Gasteiger partial charge in [0, 0.05) is 6.04 Å². The van der Waals surface area contributed by atoms with E-state index in [-0.39, 0.29) is 12.6 Å². The molecule has 1 rings (SSSR count). The van der Waals surface area contributed by atoms with E-state index in [2.05, 4.69) is 12.2 Å². The zero-order chi connectivity index (χ0) is 14.3. The Balaban J connectivity index is 2.51. The maximum absolute atomic E-state index is 12.0. The highest BCUT2D eigenvalue weighted by atomic mass is 19.4. The molecule has 0 radical (unpaired) electrons. The van der Waals surface area contributed by atoms with Crippen molar-refractivity contribution in [2.24, 2.45) is 0 Å². The van der Waals surface area contributed by atoms with Gasteiger partial charge in [0.05, 0.1) is 13.0 Å². The van der Waals surface area contributed by atoms with Gasteiger partial charge in [-0.3, -0.25) is 0 Å². The fourth-order valence-corrected chi connectivity index (χ4v) is 1.83. The Kier molecular flexibility index (Phi) is 6.15. The lowest BCUT2D eigenvalue weighted by Gasteiger charge is -2.16. The lowest BCUT2D eigenvalue weighted by atomic mass is 10.0. The van der Waals surface area contributed by atoms with E-state index in [0.29, 0.717) is 5.75 Å². The molecule has 0 aliphatic rings. The van der Waals surface area contributed by atoms with Crippen molar-refractivity contribution in [2.75, 3.05) is 13.2 Å². The van der Waals surface area contributed by atoms with Crippen molar-refractivity contribution in [2.45, 2.75) is 38.9 Å². The third kappa shape index (κ3) is 5.96. The molecule has 19 heavy (non-hydrogen) atoms. The van der Waals surface area contributed by atoms with Gasteiger partial charge in [-0.2, -0.15) is 13.2 Å². The van der Waals surface area contributed by atoms with E-state index in [4.69, 9.17) is 4.74 Å². The lowest BCUT2D eigenvalue weighted by Crippen LogP contribution is -2.19. The van der Waals surface area contributed by atoms with Gasteiger partial charge in [0.15, 0.2) is 0 Å². The molecule has 108 valence electrons. The van der Waals surface area contributed by atoms with E-state index in [9.17, 15) is 13.2 Å². The van der Waals surface area contributed by atoms with Crippen LogP contribution in [0.1, 0.15) is 38.3 Å². The number of nitrogens with one attached hydrogen (secondary N) is 1. The molecule has 2 nitrogen and oxygen atoms in total. The molecule has 1 aromatic carbocycles. The van der Waals surface area contributed by atoms with Crippen molar-refractivity contribution in [3.8, 4) is 5.75 Å². The summed E-state index contributed by atoms with van der Waals surface area (Å²) >= 11 is 0. The molecule has 1 unspecified atom stereocenters. The van der Waals surface area contributed by atoms with Crippen LogP contribution < -0.4 is 10.1 Å². The van der Waals surface area contributed by atoms with Crippen molar-refractivity contribution in [1.29, 1.82) is 0 Å². The van der Waals surface area contributed by atoms with Gasteiger partial charge in [-0.15, -0.1) is 0 Å². The minimum atomic E-state index is -4.17. The molecule has 0 saturated carbocycles. The van der Waals surface area contributed by atoms with Gasteiger partial charge in [-0.05, 0) is 30.7 Å². The number of alkyl halides is 3. The molecule has 0 aliphatic carbocycles. The monoisotopic (exact) mass is 275 g/mol. The van der Waals surface area contributed by atoms with E-state index in [1.165, 1.54) is 0 Å². The first-order valence-electron chi connectivity index (χ1n) is 6.49. The highest BCUT2D eigenvalue weighted by Gasteiger charge is 2.26. The van der Waals surface area contributed by atoms with Crippen LogP contribution in [0.3, 0.4) is 0 Å².